The van der Waals surface area contributed by atoms with Crippen molar-refractivity contribution < 1.29 is 13.2 Å². The maximum Gasteiger partial charge on any atom is 0.240 e. The molecule has 0 aliphatic carbocycles. The molecule has 7 heteroatoms. The van der Waals surface area contributed by atoms with E-state index >= 15 is 0 Å². The second-order valence-corrected chi connectivity index (χ2v) is 8.16. The highest BCUT2D eigenvalue weighted by atomic mass is 32.2. The topological polar surface area (TPSA) is 71.5 Å². The molecule has 3 rings (SSSR count). The molecule has 26 heavy (non-hydrogen) atoms. The third-order valence-electron chi connectivity index (χ3n) is 4.65. The van der Waals surface area contributed by atoms with Crippen LogP contribution >= 0.6 is 0 Å². The first-order chi connectivity index (χ1) is 12.6. The van der Waals surface area contributed by atoms with Gasteiger partial charge >= 0.3 is 0 Å². The van der Waals surface area contributed by atoms with Crippen molar-refractivity contribution in [3.05, 3.63) is 48.8 Å². The lowest BCUT2D eigenvalue weighted by molar-refractivity contribution is 0.340. The van der Waals surface area contributed by atoms with Crippen molar-refractivity contribution >= 4 is 15.7 Å². The van der Waals surface area contributed by atoms with Crippen molar-refractivity contribution in [2.24, 2.45) is 5.92 Å². The number of hydrogen-bond acceptors (Lipinski definition) is 5. The van der Waals surface area contributed by atoms with Crippen molar-refractivity contribution in [1.29, 1.82) is 0 Å². The van der Waals surface area contributed by atoms with Crippen LogP contribution in [0.25, 0.3) is 0 Å². The van der Waals surface area contributed by atoms with Crippen molar-refractivity contribution in [3.8, 4) is 5.75 Å². The SMILES string of the molecule is CCOc1ccc(S(=O)(=O)NCC2CCN(c3ccncc3)CC2)cc1. The van der Waals surface area contributed by atoms with Gasteiger partial charge in [-0.1, -0.05) is 0 Å². The Morgan fingerprint density at radius 1 is 1.12 bits per heavy atom. The lowest BCUT2D eigenvalue weighted by Gasteiger charge is -2.33. The molecule has 0 atom stereocenters. The molecule has 0 radical (unpaired) electrons. The molecule has 2 aromatic rings. The van der Waals surface area contributed by atoms with Crippen LogP contribution in [0.5, 0.6) is 5.75 Å². The van der Waals surface area contributed by atoms with E-state index in [1.165, 1.54) is 5.69 Å². The van der Waals surface area contributed by atoms with Crippen LogP contribution < -0.4 is 14.4 Å². The molecule has 1 saturated heterocycles. The summed E-state index contributed by atoms with van der Waals surface area (Å²) in [5.74, 6) is 1.03. The second kappa shape index (κ2) is 8.51. The zero-order chi connectivity index (χ0) is 18.4. The minimum Gasteiger partial charge on any atom is -0.494 e. The van der Waals surface area contributed by atoms with E-state index in [0.29, 0.717) is 24.8 Å². The van der Waals surface area contributed by atoms with E-state index in [1.807, 2.05) is 19.1 Å². The molecule has 140 valence electrons. The van der Waals surface area contributed by atoms with E-state index in [0.717, 1.165) is 25.9 Å². The Morgan fingerprint density at radius 2 is 1.77 bits per heavy atom. The number of pyridine rings is 1. The Morgan fingerprint density at radius 3 is 2.38 bits per heavy atom. The van der Waals surface area contributed by atoms with Crippen LogP contribution in [0.1, 0.15) is 19.8 Å². The number of anilines is 1. The van der Waals surface area contributed by atoms with Gasteiger partial charge in [0.1, 0.15) is 5.75 Å². The molecule has 6 nitrogen and oxygen atoms in total. The molecule has 1 aliphatic rings. The first kappa shape index (κ1) is 18.7. The Labute approximate surface area is 155 Å². The highest BCUT2D eigenvalue weighted by Crippen LogP contribution is 2.23. The van der Waals surface area contributed by atoms with E-state index in [1.54, 1.807) is 36.7 Å². The van der Waals surface area contributed by atoms with Crippen LogP contribution in [0.15, 0.2) is 53.7 Å². The predicted octanol–water partition coefficient (Wildman–Crippen LogP) is 2.68. The maximum atomic E-state index is 12.5. The minimum absolute atomic E-state index is 0.273. The molecule has 0 amide bonds. The third kappa shape index (κ3) is 4.74. The van der Waals surface area contributed by atoms with Crippen molar-refractivity contribution in [1.82, 2.24) is 9.71 Å². The van der Waals surface area contributed by atoms with Gasteiger partial charge in [-0.15, -0.1) is 0 Å². The molecule has 0 unspecified atom stereocenters. The standard InChI is InChI=1S/C19H25N3O3S/c1-2-25-18-3-5-19(6-4-18)26(23,24)21-15-16-9-13-22(14-10-16)17-7-11-20-12-8-17/h3-8,11-12,16,21H,2,9-10,13-15H2,1H3. The summed E-state index contributed by atoms with van der Waals surface area (Å²) in [5, 5.41) is 0. The number of benzene rings is 1. The minimum atomic E-state index is -3.48. The Bertz CT molecular complexity index is 787. The summed E-state index contributed by atoms with van der Waals surface area (Å²) in [6.45, 7) is 4.79. The molecule has 1 aliphatic heterocycles. The highest BCUT2D eigenvalue weighted by Gasteiger charge is 2.22. The van der Waals surface area contributed by atoms with Gasteiger partial charge in [0.05, 0.1) is 11.5 Å². The molecule has 1 N–H and O–H groups in total. The maximum absolute atomic E-state index is 12.5. The summed E-state index contributed by atoms with van der Waals surface area (Å²) in [6, 6.07) is 10.6. The van der Waals surface area contributed by atoms with Gasteiger partial charge in [0.15, 0.2) is 0 Å². The Hall–Kier alpha value is -2.12. The van der Waals surface area contributed by atoms with E-state index in [4.69, 9.17) is 4.74 Å². The molecule has 1 aromatic heterocycles. The van der Waals surface area contributed by atoms with Crippen LogP contribution in [0.3, 0.4) is 0 Å². The van der Waals surface area contributed by atoms with Crippen LogP contribution in [0.2, 0.25) is 0 Å². The summed E-state index contributed by atoms with van der Waals surface area (Å²) in [6.07, 6.45) is 5.53. The van der Waals surface area contributed by atoms with Gasteiger partial charge in [-0.3, -0.25) is 4.98 Å². The van der Waals surface area contributed by atoms with Crippen LogP contribution in [0, 0.1) is 5.92 Å². The van der Waals surface area contributed by atoms with Crippen LogP contribution in [0.4, 0.5) is 5.69 Å². The fraction of sp³-hybridized carbons (Fsp3) is 0.421. The first-order valence-electron chi connectivity index (χ1n) is 8.96. The summed E-state index contributed by atoms with van der Waals surface area (Å²) < 4.78 is 33.0. The van der Waals surface area contributed by atoms with Gasteiger partial charge in [-0.2, -0.15) is 0 Å². The number of rotatable bonds is 7. The quantitative estimate of drug-likeness (QED) is 0.806. The molecule has 0 spiro atoms. The smallest absolute Gasteiger partial charge is 0.240 e. The molecular formula is C19H25N3O3S. The summed E-state index contributed by atoms with van der Waals surface area (Å²) in [4.78, 5) is 6.64. The highest BCUT2D eigenvalue weighted by molar-refractivity contribution is 7.89. The number of sulfonamides is 1. The molecule has 0 bridgehead atoms. The summed E-state index contributed by atoms with van der Waals surface area (Å²) in [7, 11) is -3.48. The largest absolute Gasteiger partial charge is 0.494 e. The van der Waals surface area contributed by atoms with Crippen LogP contribution in [-0.2, 0) is 10.0 Å². The second-order valence-electron chi connectivity index (χ2n) is 6.39. The van der Waals surface area contributed by atoms with Crippen molar-refractivity contribution in [3.63, 3.8) is 0 Å². The Balaban J connectivity index is 1.51. The lowest BCUT2D eigenvalue weighted by atomic mass is 9.97. The van der Waals surface area contributed by atoms with E-state index < -0.39 is 10.0 Å². The molecule has 1 fully saturated rings. The molecule has 0 saturated carbocycles. The Kier molecular flexibility index (Phi) is 6.11. The fourth-order valence-electron chi connectivity index (χ4n) is 3.14. The number of ether oxygens (including phenoxy) is 1. The lowest BCUT2D eigenvalue weighted by Crippen LogP contribution is -2.38. The average molecular weight is 375 g/mol. The molecular weight excluding hydrogens is 350 g/mol. The summed E-state index contributed by atoms with van der Waals surface area (Å²) >= 11 is 0. The van der Waals surface area contributed by atoms with Gasteiger partial charge in [0, 0.05) is 37.7 Å². The normalized spacial score (nSPS) is 15.8. The van der Waals surface area contributed by atoms with E-state index in [9.17, 15) is 8.42 Å². The monoisotopic (exact) mass is 375 g/mol. The third-order valence-corrected chi connectivity index (χ3v) is 6.09. The number of aromatic nitrogens is 1. The average Bonchev–Trinajstić information content (AvgIpc) is 2.68. The van der Waals surface area contributed by atoms with Gasteiger partial charge in [0.25, 0.3) is 0 Å². The number of nitrogens with one attached hydrogen (secondary N) is 1. The van der Waals surface area contributed by atoms with Crippen molar-refractivity contribution in [2.45, 2.75) is 24.7 Å². The number of piperidine rings is 1. The van der Waals surface area contributed by atoms with E-state index in [-0.39, 0.29) is 4.90 Å². The molecule has 1 aromatic carbocycles. The number of hydrogen-bond donors (Lipinski definition) is 1. The predicted molar refractivity (Wildman–Crippen MR) is 102 cm³/mol. The van der Waals surface area contributed by atoms with Crippen LogP contribution in [-0.4, -0.2) is 39.6 Å². The molecule has 2 heterocycles. The zero-order valence-corrected chi connectivity index (χ0v) is 15.8. The zero-order valence-electron chi connectivity index (χ0n) is 15.0. The fourth-order valence-corrected chi connectivity index (χ4v) is 4.26. The van der Waals surface area contributed by atoms with Gasteiger partial charge in [-0.05, 0) is 62.1 Å². The first-order valence-corrected chi connectivity index (χ1v) is 10.4. The van der Waals surface area contributed by atoms with Crippen molar-refractivity contribution in [2.75, 3.05) is 31.1 Å². The summed E-state index contributed by atoms with van der Waals surface area (Å²) in [5.41, 5.74) is 1.17. The van der Waals surface area contributed by atoms with Gasteiger partial charge in [0.2, 0.25) is 10.0 Å². The van der Waals surface area contributed by atoms with E-state index in [2.05, 4.69) is 14.6 Å². The number of nitrogens with zero attached hydrogens (tertiary/aromatic N) is 2. The van der Waals surface area contributed by atoms with Gasteiger partial charge < -0.3 is 9.64 Å². The van der Waals surface area contributed by atoms with Gasteiger partial charge in [-0.25, -0.2) is 13.1 Å².